The van der Waals surface area contributed by atoms with E-state index in [9.17, 15) is 14.7 Å². The fourth-order valence-corrected chi connectivity index (χ4v) is 10.2. The standard InChI is InChI=1S/C42H62BrN3O8/c1-11-14-20-31(48)44-29(24-52-10)34(27-18-16-15-17-19-27)53-39(51)32-33-37(49)46(30(23-47)26(4)13-3)36(42(33)22-28(43)35(32)54-42)38(50)45(21-12-2)41(8,9)25-40(5,6)7/h11-12,15-19,26,28-30,32-36,47H,1-2,13-14,20-25H2,3-10H3,(H,44,48)/t26-,28?,29-,30-,32-,33+,34-,35-,36-,42+/m0/s1. The third-order valence-corrected chi connectivity index (χ3v) is 12.2. The summed E-state index contributed by atoms with van der Waals surface area (Å²) in [5, 5.41) is 13.8. The fourth-order valence-electron chi connectivity index (χ4n) is 9.22. The smallest absolute Gasteiger partial charge is 0.313 e. The zero-order valence-electron chi connectivity index (χ0n) is 33.4. The lowest BCUT2D eigenvalue weighted by atomic mass is 9.70. The molecule has 0 radical (unpaired) electrons. The van der Waals surface area contributed by atoms with E-state index in [2.05, 4.69) is 55.2 Å². The van der Waals surface area contributed by atoms with E-state index in [1.807, 2.05) is 58.0 Å². The van der Waals surface area contributed by atoms with Crippen LogP contribution in [0.25, 0.3) is 0 Å². The van der Waals surface area contributed by atoms with Gasteiger partial charge in [-0.15, -0.1) is 13.2 Å². The van der Waals surface area contributed by atoms with Gasteiger partial charge in [0, 0.05) is 30.4 Å². The number of allylic oxidation sites excluding steroid dienone is 1. The molecule has 3 fully saturated rings. The molecule has 12 heteroatoms. The summed E-state index contributed by atoms with van der Waals surface area (Å²) < 4.78 is 18.7. The molecule has 3 aliphatic heterocycles. The number of nitrogens with zero attached hydrogens (tertiary/aromatic N) is 2. The first kappa shape index (κ1) is 43.7. The maximum Gasteiger partial charge on any atom is 0.313 e. The van der Waals surface area contributed by atoms with Crippen LogP contribution in [0.15, 0.2) is 55.6 Å². The Morgan fingerprint density at radius 3 is 2.39 bits per heavy atom. The number of benzene rings is 1. The molecule has 11 nitrogen and oxygen atoms in total. The second kappa shape index (κ2) is 17.8. The summed E-state index contributed by atoms with van der Waals surface area (Å²) in [5.41, 5.74) is -1.51. The Morgan fingerprint density at radius 2 is 1.83 bits per heavy atom. The zero-order chi connectivity index (χ0) is 40.2. The molecule has 4 rings (SSSR count). The van der Waals surface area contributed by atoms with Gasteiger partial charge in [0.2, 0.25) is 17.7 Å². The van der Waals surface area contributed by atoms with Gasteiger partial charge in [0.15, 0.2) is 0 Å². The fraction of sp³-hybridized carbons (Fsp3) is 0.667. The van der Waals surface area contributed by atoms with Gasteiger partial charge in [-0.05, 0) is 50.0 Å². The molecule has 1 spiro atoms. The summed E-state index contributed by atoms with van der Waals surface area (Å²) >= 11 is 3.78. The number of rotatable bonds is 19. The first-order chi connectivity index (χ1) is 25.4. The Morgan fingerprint density at radius 1 is 1.17 bits per heavy atom. The van der Waals surface area contributed by atoms with Gasteiger partial charge in [0.25, 0.3) is 0 Å². The maximum atomic E-state index is 15.3. The van der Waals surface area contributed by atoms with Gasteiger partial charge in [-0.1, -0.05) is 99.5 Å². The van der Waals surface area contributed by atoms with Crippen LogP contribution in [-0.4, -0.2) is 106 Å². The number of hydrogen-bond donors (Lipinski definition) is 2. The largest absolute Gasteiger partial charge is 0.455 e. The molecular formula is C42H62BrN3O8. The van der Waals surface area contributed by atoms with Crippen molar-refractivity contribution in [2.75, 3.05) is 26.9 Å². The van der Waals surface area contributed by atoms with Crippen LogP contribution < -0.4 is 5.32 Å². The number of carbonyl (C=O) groups excluding carboxylic acids is 4. The molecule has 2 N–H and O–H groups in total. The molecule has 3 saturated heterocycles. The van der Waals surface area contributed by atoms with E-state index in [1.165, 1.54) is 12.0 Å². The van der Waals surface area contributed by atoms with Crippen LogP contribution in [0.3, 0.4) is 0 Å². The van der Waals surface area contributed by atoms with Gasteiger partial charge >= 0.3 is 5.97 Å². The molecule has 3 heterocycles. The van der Waals surface area contributed by atoms with Crippen molar-refractivity contribution in [3.8, 4) is 0 Å². The van der Waals surface area contributed by atoms with E-state index in [-0.39, 0.29) is 54.2 Å². The number of carbonyl (C=O) groups is 4. The van der Waals surface area contributed by atoms with Crippen LogP contribution in [0.4, 0.5) is 0 Å². The third-order valence-electron chi connectivity index (χ3n) is 11.4. The number of hydrogen-bond acceptors (Lipinski definition) is 8. The highest BCUT2D eigenvalue weighted by Gasteiger charge is 2.78. The van der Waals surface area contributed by atoms with Crippen molar-refractivity contribution in [1.82, 2.24) is 15.1 Å². The second-order valence-corrected chi connectivity index (χ2v) is 18.2. The normalized spacial score (nSPS) is 27.1. The minimum Gasteiger partial charge on any atom is -0.455 e. The van der Waals surface area contributed by atoms with E-state index in [0.29, 0.717) is 31.2 Å². The van der Waals surface area contributed by atoms with Gasteiger partial charge in [0.1, 0.15) is 17.7 Å². The molecular weight excluding hydrogens is 754 g/mol. The lowest BCUT2D eigenvalue weighted by Crippen LogP contribution is -2.63. The number of aliphatic hydroxyl groups is 1. The topological polar surface area (TPSA) is 135 Å². The van der Waals surface area contributed by atoms with Crippen molar-refractivity contribution in [2.45, 2.75) is 127 Å². The molecule has 0 aliphatic carbocycles. The Labute approximate surface area is 330 Å². The van der Waals surface area contributed by atoms with Crippen molar-refractivity contribution in [3.05, 3.63) is 61.2 Å². The van der Waals surface area contributed by atoms with Crippen molar-refractivity contribution < 1.29 is 38.5 Å². The predicted octanol–water partition coefficient (Wildman–Crippen LogP) is 5.75. The number of nitrogens with one attached hydrogen (secondary N) is 1. The minimum absolute atomic E-state index is 0.0472. The van der Waals surface area contributed by atoms with Crippen LogP contribution >= 0.6 is 15.9 Å². The maximum absolute atomic E-state index is 15.3. The van der Waals surface area contributed by atoms with Gasteiger partial charge < -0.3 is 34.4 Å². The summed E-state index contributed by atoms with van der Waals surface area (Å²) in [6.45, 7) is 21.9. The number of aliphatic hydroxyl groups excluding tert-OH is 1. The molecule has 3 aliphatic rings. The summed E-state index contributed by atoms with van der Waals surface area (Å²) in [5.74, 6) is -3.93. The second-order valence-electron chi connectivity index (χ2n) is 17.1. The Hall–Kier alpha value is -3.06. The van der Waals surface area contributed by atoms with Crippen LogP contribution in [0.2, 0.25) is 0 Å². The summed E-state index contributed by atoms with van der Waals surface area (Å²) in [6, 6.07) is 6.54. The molecule has 1 aromatic carbocycles. The molecule has 1 unspecified atom stereocenters. The van der Waals surface area contributed by atoms with Crippen LogP contribution in [0.5, 0.6) is 0 Å². The number of fused-ring (bicyclic) bond motifs is 1. The Kier molecular flexibility index (Phi) is 14.4. The molecule has 0 aromatic heterocycles. The number of ether oxygens (including phenoxy) is 3. The average molecular weight is 817 g/mol. The van der Waals surface area contributed by atoms with Gasteiger partial charge in [-0.25, -0.2) is 0 Å². The van der Waals surface area contributed by atoms with Crippen LogP contribution in [0, 0.1) is 23.2 Å². The number of alkyl halides is 1. The third kappa shape index (κ3) is 8.82. The van der Waals surface area contributed by atoms with Crippen molar-refractivity contribution >= 4 is 39.6 Å². The molecule has 0 saturated carbocycles. The van der Waals surface area contributed by atoms with E-state index in [1.54, 1.807) is 17.1 Å². The van der Waals surface area contributed by atoms with Gasteiger partial charge in [0.05, 0.1) is 43.2 Å². The van der Waals surface area contributed by atoms with E-state index >= 15 is 9.59 Å². The van der Waals surface area contributed by atoms with Gasteiger partial charge in [-0.3, -0.25) is 19.2 Å². The molecule has 3 amide bonds. The Balaban J connectivity index is 1.82. The van der Waals surface area contributed by atoms with Gasteiger partial charge in [-0.2, -0.15) is 0 Å². The SMILES string of the molecule is C=CCCC(=O)N[C@@H](COC)[C@@H](OC(=O)[C@@H]1[C@H]2O[C@@]3(CC2Br)[C@H](C(=O)N(CC=C)C(C)(C)CC(C)(C)C)N([C@@H](CO)[C@@H](C)CC)C(=O)[C@@H]13)c1ccccc1. The summed E-state index contributed by atoms with van der Waals surface area (Å²) in [7, 11) is 1.51. The van der Waals surface area contributed by atoms with Crippen molar-refractivity contribution in [3.63, 3.8) is 0 Å². The number of methoxy groups -OCH3 is 1. The van der Waals surface area contributed by atoms with E-state index in [0.717, 1.165) is 0 Å². The average Bonchev–Trinajstić information content (AvgIpc) is 3.70. The molecule has 2 bridgehead atoms. The van der Waals surface area contributed by atoms with Crippen molar-refractivity contribution in [2.24, 2.45) is 23.2 Å². The minimum atomic E-state index is -1.37. The molecule has 1 aromatic rings. The number of likely N-dealkylation sites (tertiary alicyclic amines) is 1. The lowest BCUT2D eigenvalue weighted by Gasteiger charge is -2.47. The van der Waals surface area contributed by atoms with Crippen LogP contribution in [0.1, 0.15) is 92.2 Å². The first-order valence-corrected chi connectivity index (χ1v) is 20.2. The molecule has 300 valence electrons. The number of amides is 3. The molecule has 10 atom stereocenters. The zero-order valence-corrected chi connectivity index (χ0v) is 35.0. The molecule has 54 heavy (non-hydrogen) atoms. The van der Waals surface area contributed by atoms with Crippen LogP contribution in [-0.2, 0) is 33.4 Å². The monoisotopic (exact) mass is 815 g/mol. The Bertz CT molecular complexity index is 1510. The predicted molar refractivity (Wildman–Crippen MR) is 211 cm³/mol. The highest BCUT2D eigenvalue weighted by atomic mass is 79.9. The van der Waals surface area contributed by atoms with E-state index < -0.39 is 65.2 Å². The van der Waals surface area contributed by atoms with Crippen molar-refractivity contribution in [1.29, 1.82) is 0 Å². The number of esters is 1. The summed E-state index contributed by atoms with van der Waals surface area (Å²) in [6.07, 6.45) is 3.90. The summed E-state index contributed by atoms with van der Waals surface area (Å²) in [4.78, 5) is 61.0. The first-order valence-electron chi connectivity index (χ1n) is 19.2. The van der Waals surface area contributed by atoms with E-state index in [4.69, 9.17) is 14.2 Å². The lowest BCUT2D eigenvalue weighted by molar-refractivity contribution is -0.164. The highest BCUT2D eigenvalue weighted by molar-refractivity contribution is 9.09. The quantitative estimate of drug-likeness (QED) is 0.103. The highest BCUT2D eigenvalue weighted by Crippen LogP contribution is 2.61. The number of halogens is 1.